The molecule has 178 valence electrons. The zero-order valence-electron chi connectivity index (χ0n) is 20.3. The van der Waals surface area contributed by atoms with Crippen LogP contribution in [-0.2, 0) is 26.6 Å². The van der Waals surface area contributed by atoms with E-state index < -0.39 is 17.6 Å². The Kier molecular flexibility index (Phi) is 17.4. The molecule has 0 aliphatic heterocycles. The summed E-state index contributed by atoms with van der Waals surface area (Å²) in [6, 6.07) is 0.782. The predicted octanol–water partition coefficient (Wildman–Crippen LogP) is 2.28. The quantitative estimate of drug-likeness (QED) is 0.210. The van der Waals surface area contributed by atoms with E-state index in [2.05, 4.69) is 30.3 Å². The van der Waals surface area contributed by atoms with Crippen molar-refractivity contribution >= 4 is 27.1 Å². The van der Waals surface area contributed by atoms with Gasteiger partial charge in [-0.05, 0) is 60.0 Å². The van der Waals surface area contributed by atoms with Crippen LogP contribution in [0.5, 0.6) is 0 Å². The zero-order chi connectivity index (χ0) is 22.9. The van der Waals surface area contributed by atoms with E-state index in [-0.39, 0.29) is 0 Å². The van der Waals surface area contributed by atoms with E-state index >= 15 is 0 Å². The van der Waals surface area contributed by atoms with E-state index in [0.29, 0.717) is 29.3 Å². The number of nitrogens with zero attached hydrogens (tertiary/aromatic N) is 1. The molecule has 0 aliphatic carbocycles. The van der Waals surface area contributed by atoms with Crippen LogP contribution in [0.4, 0.5) is 0 Å². The molecule has 1 N–H and O–H groups in total. The Bertz CT molecular complexity index is 427. The highest BCUT2D eigenvalue weighted by molar-refractivity contribution is 6.83. The van der Waals surface area contributed by atoms with Crippen molar-refractivity contribution in [2.75, 3.05) is 67.0 Å². The summed E-state index contributed by atoms with van der Waals surface area (Å²) in [5.74, 6) is 0. The number of hydrogen-bond donors (Lipinski definition) is 1. The van der Waals surface area contributed by atoms with Crippen LogP contribution in [0.25, 0.3) is 0 Å². The Morgan fingerprint density at radius 3 is 1.77 bits per heavy atom. The summed E-state index contributed by atoms with van der Waals surface area (Å²) >= 11 is 0. The average molecular weight is 481 g/mol. The third-order valence-corrected chi connectivity index (χ3v) is 12.6. The lowest BCUT2D eigenvalue weighted by molar-refractivity contribution is 0.0823. The standard InChI is InChI=1S/C19H44N2O6Si3/c1-9-21(10-2)17-19(30(25-11-3,26-12-4)27-13-5)28-18-20-15-14-16-29(22-6,23-7)24-8/h17,20H,9-16,18H2,1-8H3. The van der Waals surface area contributed by atoms with Crippen molar-refractivity contribution in [1.29, 1.82) is 0 Å². The molecule has 0 atom stereocenters. The van der Waals surface area contributed by atoms with Gasteiger partial charge in [0, 0.05) is 65.1 Å². The molecule has 30 heavy (non-hydrogen) atoms. The van der Waals surface area contributed by atoms with E-state index in [1.54, 1.807) is 21.3 Å². The van der Waals surface area contributed by atoms with Crippen LogP contribution < -0.4 is 5.32 Å². The number of hydrogen-bond acceptors (Lipinski definition) is 8. The Balaban J connectivity index is 5.11. The van der Waals surface area contributed by atoms with Crippen LogP contribution in [0.1, 0.15) is 41.0 Å². The Morgan fingerprint density at radius 1 is 0.867 bits per heavy atom. The van der Waals surface area contributed by atoms with E-state index in [1.165, 1.54) is 0 Å². The van der Waals surface area contributed by atoms with Gasteiger partial charge < -0.3 is 36.8 Å². The maximum Gasteiger partial charge on any atom is 0.529 e. The second-order valence-electron chi connectivity index (χ2n) is 6.37. The molecule has 0 rings (SSSR count). The maximum atomic E-state index is 6.16. The van der Waals surface area contributed by atoms with Gasteiger partial charge in [-0.15, -0.1) is 0 Å². The summed E-state index contributed by atoms with van der Waals surface area (Å²) in [7, 11) is 0.0665. The monoisotopic (exact) mass is 480 g/mol. The smallest absolute Gasteiger partial charge is 0.378 e. The highest BCUT2D eigenvalue weighted by atomic mass is 28.4. The van der Waals surface area contributed by atoms with Gasteiger partial charge in [-0.2, -0.15) is 0 Å². The maximum absolute atomic E-state index is 6.16. The first-order chi connectivity index (χ1) is 14.5. The molecule has 0 aromatic rings. The molecule has 0 aromatic carbocycles. The van der Waals surface area contributed by atoms with Gasteiger partial charge >= 0.3 is 17.6 Å². The van der Waals surface area contributed by atoms with E-state index in [9.17, 15) is 0 Å². The predicted molar refractivity (Wildman–Crippen MR) is 126 cm³/mol. The molecule has 0 spiro atoms. The molecule has 0 heterocycles. The van der Waals surface area contributed by atoms with Crippen molar-refractivity contribution < 1.29 is 26.6 Å². The third kappa shape index (κ3) is 10.0. The third-order valence-electron chi connectivity index (χ3n) is 4.63. The minimum atomic E-state index is -2.90. The van der Waals surface area contributed by atoms with E-state index in [0.717, 1.165) is 43.1 Å². The Morgan fingerprint density at radius 2 is 1.37 bits per heavy atom. The van der Waals surface area contributed by atoms with Gasteiger partial charge in [-0.25, -0.2) is 0 Å². The van der Waals surface area contributed by atoms with Crippen molar-refractivity contribution in [3.63, 3.8) is 0 Å². The fourth-order valence-electron chi connectivity index (χ4n) is 2.98. The van der Waals surface area contributed by atoms with E-state index in [1.807, 2.05) is 20.8 Å². The first kappa shape index (κ1) is 29.9. The van der Waals surface area contributed by atoms with Crippen molar-refractivity contribution in [2.24, 2.45) is 0 Å². The highest BCUT2D eigenvalue weighted by Gasteiger charge is 2.45. The summed E-state index contributed by atoms with van der Waals surface area (Å²) < 4.78 is 34.9. The van der Waals surface area contributed by atoms with Gasteiger partial charge in [0.15, 0.2) is 0 Å². The van der Waals surface area contributed by atoms with Crippen LogP contribution in [0.3, 0.4) is 0 Å². The van der Waals surface area contributed by atoms with Gasteiger partial charge in [0.2, 0.25) is 0 Å². The molecule has 8 nitrogen and oxygen atoms in total. The lowest BCUT2D eigenvalue weighted by Crippen LogP contribution is -2.52. The van der Waals surface area contributed by atoms with Crippen LogP contribution >= 0.6 is 0 Å². The molecule has 0 bridgehead atoms. The Hall–Kier alpha value is -0.0894. The molecule has 0 aliphatic rings. The molecule has 0 saturated carbocycles. The minimum absolute atomic E-state index is 0.514. The summed E-state index contributed by atoms with van der Waals surface area (Å²) in [5.41, 5.74) is 0. The molecule has 0 unspecified atom stereocenters. The van der Waals surface area contributed by atoms with Crippen molar-refractivity contribution in [3.8, 4) is 0 Å². The van der Waals surface area contributed by atoms with Gasteiger partial charge in [0.25, 0.3) is 0 Å². The molecule has 0 amide bonds. The largest absolute Gasteiger partial charge is 0.529 e. The molecule has 2 radical (unpaired) electrons. The first-order valence-corrected chi connectivity index (χ1v) is 15.8. The summed E-state index contributed by atoms with van der Waals surface area (Å²) in [6.07, 6.45) is 3.97. The van der Waals surface area contributed by atoms with Gasteiger partial charge in [-0.1, -0.05) is 0 Å². The molecule has 0 fully saturated rings. The van der Waals surface area contributed by atoms with Crippen molar-refractivity contribution in [1.82, 2.24) is 10.2 Å². The SMILES string of the molecule is CCO[Si](OCC)(OCC)C(=CN(CC)CC)[Si]CNCCC[Si](OC)(OC)OC. The number of rotatable bonds is 20. The molecular weight excluding hydrogens is 436 g/mol. The van der Waals surface area contributed by atoms with Crippen LogP contribution in [-0.4, -0.2) is 99.0 Å². The summed E-state index contributed by atoms with van der Waals surface area (Å²) in [6.45, 7) is 14.7. The molecule has 11 heteroatoms. The topological polar surface area (TPSA) is 70.7 Å². The van der Waals surface area contributed by atoms with Crippen molar-refractivity contribution in [3.05, 3.63) is 11.0 Å². The average Bonchev–Trinajstić information content (AvgIpc) is 2.76. The lowest BCUT2D eigenvalue weighted by Gasteiger charge is -2.32. The van der Waals surface area contributed by atoms with Gasteiger partial charge in [0.1, 0.15) is 0 Å². The zero-order valence-corrected chi connectivity index (χ0v) is 23.3. The number of nitrogens with one attached hydrogen (secondary N) is 1. The van der Waals surface area contributed by atoms with Crippen LogP contribution in [0.2, 0.25) is 6.04 Å². The summed E-state index contributed by atoms with van der Waals surface area (Å²) in [5, 5.41) is 3.53. The molecule has 0 saturated heterocycles. The van der Waals surface area contributed by atoms with Crippen molar-refractivity contribution in [2.45, 2.75) is 47.1 Å². The fourth-order valence-corrected chi connectivity index (χ4v) is 9.45. The second-order valence-corrected chi connectivity index (χ2v) is 13.7. The lowest BCUT2D eigenvalue weighted by atomic mass is 10.5. The first-order valence-electron chi connectivity index (χ1n) is 10.9. The minimum Gasteiger partial charge on any atom is -0.378 e. The molecule has 0 aromatic heterocycles. The van der Waals surface area contributed by atoms with Gasteiger partial charge in [-0.3, -0.25) is 0 Å². The normalized spacial score (nSPS) is 13.1. The van der Waals surface area contributed by atoms with Crippen LogP contribution in [0.15, 0.2) is 11.0 Å². The fraction of sp³-hybridized carbons (Fsp3) is 0.895. The highest BCUT2D eigenvalue weighted by Crippen LogP contribution is 2.21. The molecular formula is C19H44N2O6Si3. The summed E-state index contributed by atoms with van der Waals surface area (Å²) in [4.78, 5) is 3.43. The van der Waals surface area contributed by atoms with Crippen LogP contribution in [0, 0.1) is 0 Å². The van der Waals surface area contributed by atoms with Gasteiger partial charge in [0.05, 0.1) is 9.52 Å². The second kappa shape index (κ2) is 17.5. The van der Waals surface area contributed by atoms with E-state index in [4.69, 9.17) is 26.6 Å². The Labute approximate surface area is 189 Å².